The molecule has 1 heterocycles. The molecule has 0 aromatic heterocycles. The molecular weight excluding hydrogens is 509 g/mol. The summed E-state index contributed by atoms with van der Waals surface area (Å²) in [5, 5.41) is 5.71. The fourth-order valence-electron chi connectivity index (χ4n) is 5.22. The fraction of sp³-hybridized carbons (Fsp3) is 0.344. The summed E-state index contributed by atoms with van der Waals surface area (Å²) < 4.78 is 19.6. The van der Waals surface area contributed by atoms with Crippen molar-refractivity contribution in [3.05, 3.63) is 94.8 Å². The number of ether oxygens (including phenoxy) is 1. The molecule has 8 heteroatoms. The highest BCUT2D eigenvalue weighted by molar-refractivity contribution is 5.98. The molecule has 4 rings (SSSR count). The minimum atomic E-state index is -0.689. The Balaban J connectivity index is 1.74. The van der Waals surface area contributed by atoms with Crippen LogP contribution in [0.25, 0.3) is 0 Å². The van der Waals surface area contributed by atoms with E-state index < -0.39 is 29.8 Å². The number of hydrogen-bond donors (Lipinski definition) is 2. The third-order valence-corrected chi connectivity index (χ3v) is 7.32. The predicted octanol–water partition coefficient (Wildman–Crippen LogP) is 6.84. The van der Waals surface area contributed by atoms with E-state index in [0.717, 1.165) is 5.56 Å². The number of anilines is 2. The number of aryl methyl sites for hydroxylation is 1. The van der Waals surface area contributed by atoms with Gasteiger partial charge in [0, 0.05) is 17.9 Å². The van der Waals surface area contributed by atoms with E-state index in [0.29, 0.717) is 41.9 Å². The molecule has 0 unspecified atom stereocenters. The van der Waals surface area contributed by atoms with Crippen LogP contribution in [0.5, 0.6) is 0 Å². The number of likely N-dealkylation sites (tertiary alicyclic amines) is 1. The summed E-state index contributed by atoms with van der Waals surface area (Å²) in [6, 6.07) is 18.6. The van der Waals surface area contributed by atoms with Gasteiger partial charge in [-0.25, -0.2) is 9.18 Å². The topological polar surface area (TPSA) is 87.7 Å². The molecule has 0 spiro atoms. The van der Waals surface area contributed by atoms with Gasteiger partial charge in [0.1, 0.15) is 5.82 Å². The average Bonchev–Trinajstić information content (AvgIpc) is 2.92. The summed E-state index contributed by atoms with van der Waals surface area (Å²) in [5.41, 5.74) is 3.29. The molecule has 2 N–H and O–H groups in total. The first-order valence-electron chi connectivity index (χ1n) is 13.4. The molecule has 0 saturated carbocycles. The fourth-order valence-corrected chi connectivity index (χ4v) is 5.22. The van der Waals surface area contributed by atoms with Crippen molar-refractivity contribution in [2.75, 3.05) is 24.3 Å². The molecule has 2 atom stereocenters. The zero-order valence-corrected chi connectivity index (χ0v) is 23.6. The highest BCUT2D eigenvalue weighted by Gasteiger charge is 2.40. The van der Waals surface area contributed by atoms with E-state index in [2.05, 4.69) is 31.4 Å². The van der Waals surface area contributed by atoms with Gasteiger partial charge in [-0.15, -0.1) is 0 Å². The highest BCUT2D eigenvalue weighted by Crippen LogP contribution is 2.39. The quantitative estimate of drug-likeness (QED) is 0.367. The number of rotatable bonds is 5. The van der Waals surface area contributed by atoms with Gasteiger partial charge in [-0.1, -0.05) is 57.2 Å². The average molecular weight is 546 g/mol. The Morgan fingerprint density at radius 1 is 0.950 bits per heavy atom. The van der Waals surface area contributed by atoms with Crippen LogP contribution in [0.3, 0.4) is 0 Å². The second kappa shape index (κ2) is 11.9. The van der Waals surface area contributed by atoms with E-state index in [4.69, 9.17) is 4.74 Å². The first-order valence-corrected chi connectivity index (χ1v) is 13.4. The molecule has 0 bridgehead atoms. The maximum absolute atomic E-state index is 14.9. The molecule has 3 amide bonds. The molecule has 3 aromatic carbocycles. The first-order chi connectivity index (χ1) is 19.0. The smallest absolute Gasteiger partial charge is 0.411 e. The molecular formula is C32H36FN3O4. The number of amides is 3. The van der Waals surface area contributed by atoms with Gasteiger partial charge in [-0.3, -0.25) is 14.9 Å². The zero-order valence-electron chi connectivity index (χ0n) is 23.6. The number of piperidine rings is 1. The molecule has 1 fully saturated rings. The van der Waals surface area contributed by atoms with Crippen molar-refractivity contribution in [2.45, 2.75) is 52.0 Å². The van der Waals surface area contributed by atoms with E-state index >= 15 is 0 Å². The maximum Gasteiger partial charge on any atom is 0.411 e. The van der Waals surface area contributed by atoms with Crippen LogP contribution in [0.4, 0.5) is 20.6 Å². The lowest BCUT2D eigenvalue weighted by Gasteiger charge is -2.41. The monoisotopic (exact) mass is 545 g/mol. The van der Waals surface area contributed by atoms with Crippen molar-refractivity contribution in [3.63, 3.8) is 0 Å². The van der Waals surface area contributed by atoms with Gasteiger partial charge < -0.3 is 15.0 Å². The molecule has 7 nitrogen and oxygen atoms in total. The van der Waals surface area contributed by atoms with Crippen LogP contribution in [0.15, 0.2) is 66.7 Å². The van der Waals surface area contributed by atoms with Gasteiger partial charge in [0.05, 0.1) is 24.6 Å². The second-order valence-corrected chi connectivity index (χ2v) is 11.2. The zero-order chi connectivity index (χ0) is 29.0. The molecule has 1 aliphatic heterocycles. The van der Waals surface area contributed by atoms with Crippen molar-refractivity contribution in [1.82, 2.24) is 4.90 Å². The first kappa shape index (κ1) is 28.8. The lowest BCUT2D eigenvalue weighted by molar-refractivity contribution is -0.123. The van der Waals surface area contributed by atoms with Crippen LogP contribution in [-0.2, 0) is 14.9 Å². The normalized spacial score (nSPS) is 17.2. The third kappa shape index (κ3) is 6.33. The number of hydrogen-bond acceptors (Lipinski definition) is 4. The van der Waals surface area contributed by atoms with Crippen molar-refractivity contribution >= 4 is 29.3 Å². The lowest BCUT2D eigenvalue weighted by atomic mass is 9.83. The Bertz CT molecular complexity index is 1400. The molecule has 0 aliphatic carbocycles. The van der Waals surface area contributed by atoms with E-state index in [1.165, 1.54) is 13.2 Å². The maximum atomic E-state index is 14.9. The molecule has 210 valence electrons. The lowest BCUT2D eigenvalue weighted by Crippen LogP contribution is -2.46. The molecule has 40 heavy (non-hydrogen) atoms. The summed E-state index contributed by atoms with van der Waals surface area (Å²) in [6.07, 6.45) is 0.476. The van der Waals surface area contributed by atoms with E-state index in [1.54, 1.807) is 42.2 Å². The van der Waals surface area contributed by atoms with Gasteiger partial charge in [-0.2, -0.15) is 0 Å². The van der Waals surface area contributed by atoms with Crippen LogP contribution in [0.2, 0.25) is 0 Å². The Labute approximate surface area is 234 Å². The Hall–Kier alpha value is -4.20. The summed E-state index contributed by atoms with van der Waals surface area (Å²) in [4.78, 5) is 41.2. The van der Waals surface area contributed by atoms with Crippen LogP contribution < -0.4 is 10.6 Å². The van der Waals surface area contributed by atoms with Gasteiger partial charge >= 0.3 is 6.09 Å². The Morgan fingerprint density at radius 3 is 2.30 bits per heavy atom. The summed E-state index contributed by atoms with van der Waals surface area (Å²) in [7, 11) is 1.27. The molecule has 3 aromatic rings. The number of carbonyl (C=O) groups is 3. The molecule has 1 aliphatic rings. The van der Waals surface area contributed by atoms with E-state index in [1.807, 2.05) is 30.3 Å². The third-order valence-electron chi connectivity index (χ3n) is 7.32. The van der Waals surface area contributed by atoms with Crippen molar-refractivity contribution in [3.8, 4) is 0 Å². The summed E-state index contributed by atoms with van der Waals surface area (Å²) >= 11 is 0. The number of carbonyl (C=O) groups excluding carboxylic acids is 3. The van der Waals surface area contributed by atoms with Crippen LogP contribution >= 0.6 is 0 Å². The van der Waals surface area contributed by atoms with E-state index in [-0.39, 0.29) is 16.9 Å². The predicted molar refractivity (Wildman–Crippen MR) is 154 cm³/mol. The molecule has 1 saturated heterocycles. The second-order valence-electron chi connectivity index (χ2n) is 11.2. The van der Waals surface area contributed by atoms with Crippen LogP contribution in [0.1, 0.15) is 66.7 Å². The van der Waals surface area contributed by atoms with Crippen LogP contribution in [-0.4, -0.2) is 36.5 Å². The SMILES string of the molecule is COC(=O)Nc1cccc([C@H]2[C@@H](C(=O)Nc3cccc(C(C)(C)C)c3)CCCN2C(=O)c2c(C)cccc2F)c1. The van der Waals surface area contributed by atoms with Gasteiger partial charge in [-0.05, 0) is 72.2 Å². The Kier molecular flexibility index (Phi) is 8.57. The number of halogens is 1. The van der Waals surface area contributed by atoms with Gasteiger partial charge in [0.2, 0.25) is 5.91 Å². The van der Waals surface area contributed by atoms with Crippen molar-refractivity contribution < 1.29 is 23.5 Å². The summed E-state index contributed by atoms with van der Waals surface area (Å²) in [6.45, 7) is 8.37. The number of methoxy groups -OCH3 is 1. The Morgan fingerprint density at radius 2 is 1.62 bits per heavy atom. The number of nitrogens with zero attached hydrogens (tertiary/aromatic N) is 1. The minimum Gasteiger partial charge on any atom is -0.453 e. The summed E-state index contributed by atoms with van der Waals surface area (Å²) in [5.74, 6) is -1.92. The number of benzene rings is 3. The largest absolute Gasteiger partial charge is 0.453 e. The standard InChI is InChI=1S/C32H36FN3O4/c1-20-10-6-16-26(33)27(20)30(38)36-17-9-15-25(28(36)21-11-7-13-23(18-21)35-31(39)40-5)29(37)34-24-14-8-12-22(19-24)32(2,3)4/h6-8,10-14,16,18-19,25,28H,9,15,17H2,1-5H3,(H,34,37)(H,35,39)/t25-,28-/m0/s1. The number of nitrogens with one attached hydrogen (secondary N) is 2. The van der Waals surface area contributed by atoms with Crippen molar-refractivity contribution in [1.29, 1.82) is 0 Å². The highest BCUT2D eigenvalue weighted by atomic mass is 19.1. The van der Waals surface area contributed by atoms with Gasteiger partial charge in [0.25, 0.3) is 5.91 Å². The van der Waals surface area contributed by atoms with Crippen molar-refractivity contribution in [2.24, 2.45) is 5.92 Å². The molecule has 0 radical (unpaired) electrons. The van der Waals surface area contributed by atoms with Crippen LogP contribution in [0, 0.1) is 18.7 Å². The van der Waals surface area contributed by atoms with Gasteiger partial charge in [0.15, 0.2) is 0 Å². The van der Waals surface area contributed by atoms with E-state index in [9.17, 15) is 18.8 Å². The minimum absolute atomic E-state index is 0.00437.